The lowest BCUT2D eigenvalue weighted by Crippen LogP contribution is -2.68. The van der Waals surface area contributed by atoms with Gasteiger partial charge in [-0.25, -0.2) is 24.0 Å². The van der Waals surface area contributed by atoms with Crippen molar-refractivity contribution in [3.8, 4) is 11.5 Å². The topological polar surface area (TPSA) is 151 Å². The highest BCUT2D eigenvalue weighted by Crippen LogP contribution is 2.35. The Balaban J connectivity index is 0.000000550. The first-order valence-corrected chi connectivity index (χ1v) is 8.26. The predicted octanol–water partition coefficient (Wildman–Crippen LogP) is -1.37. The highest BCUT2D eigenvalue weighted by atomic mass is 35.7. The summed E-state index contributed by atoms with van der Waals surface area (Å²) in [7, 11) is -3.35. The monoisotopic (exact) mass is 375 g/mol. The van der Waals surface area contributed by atoms with Crippen LogP contribution in [0.3, 0.4) is 0 Å². The second-order valence-corrected chi connectivity index (χ2v) is 5.51. The number of anilines is 1. The van der Waals surface area contributed by atoms with Crippen molar-refractivity contribution in [2.24, 2.45) is 0 Å². The molecule has 0 fully saturated rings. The summed E-state index contributed by atoms with van der Waals surface area (Å²) in [5.74, 6) is 2.26. The number of ether oxygens (including phenoxy) is 2. The Labute approximate surface area is 146 Å². The molecule has 0 spiro atoms. The van der Waals surface area contributed by atoms with Gasteiger partial charge in [-0.3, -0.25) is 4.79 Å². The van der Waals surface area contributed by atoms with E-state index in [1.165, 1.54) is 6.92 Å². The summed E-state index contributed by atoms with van der Waals surface area (Å²) < 4.78 is 50.4. The van der Waals surface area contributed by atoms with Crippen LogP contribution in [0.15, 0.2) is 22.6 Å². The number of benzene rings is 1. The smallest absolute Gasteiger partial charge is 0.434 e. The van der Waals surface area contributed by atoms with Gasteiger partial charge in [0.25, 0.3) is 0 Å². The van der Waals surface area contributed by atoms with E-state index in [1.54, 1.807) is 13.2 Å². The molecule has 2 aromatic rings. The van der Waals surface area contributed by atoms with Crippen LogP contribution in [0, 0.1) is 17.2 Å². The van der Waals surface area contributed by atoms with Crippen LogP contribution in [-0.2, 0) is 4.79 Å². The van der Waals surface area contributed by atoms with Gasteiger partial charge < -0.3 is 9.47 Å². The number of aryl methyl sites for hydroxylation is 1. The number of halogens is 1. The summed E-state index contributed by atoms with van der Waals surface area (Å²) in [6.45, 7) is 5.76. The summed E-state index contributed by atoms with van der Waals surface area (Å²) in [5.41, 5.74) is 0. The molecule has 1 amide bonds. The van der Waals surface area contributed by atoms with Gasteiger partial charge in [-0.1, -0.05) is 0 Å². The van der Waals surface area contributed by atoms with Crippen molar-refractivity contribution in [2.75, 3.05) is 19.0 Å². The zero-order valence-electron chi connectivity index (χ0n) is 14.1. The number of carbonyl (C=O) groups is 1. The van der Waals surface area contributed by atoms with Crippen molar-refractivity contribution < 1.29 is 47.6 Å². The third-order valence-electron chi connectivity index (χ3n) is 2.86. The molecule has 0 aliphatic rings. The van der Waals surface area contributed by atoms with Crippen LogP contribution in [0.25, 0.3) is 10.8 Å². The molecule has 0 unspecified atom stereocenters. The minimum Gasteiger partial charge on any atom is -0.493 e. The van der Waals surface area contributed by atoms with E-state index in [4.69, 9.17) is 32.5 Å². The second-order valence-electron chi connectivity index (χ2n) is 4.75. The molecule has 0 atom stereocenters. The van der Waals surface area contributed by atoms with E-state index in [-0.39, 0.29) is 5.91 Å². The van der Waals surface area contributed by atoms with E-state index in [9.17, 15) is 4.79 Å². The van der Waals surface area contributed by atoms with Crippen molar-refractivity contribution >= 4 is 22.6 Å². The minimum absolute atomic E-state index is 0.176. The van der Waals surface area contributed by atoms with Crippen LogP contribution < -0.4 is 33.4 Å². The number of carbonyl (C=O) groups excluding carboxylic acids is 1. The Morgan fingerprint density at radius 2 is 1.80 bits per heavy atom. The first-order valence-electron chi connectivity index (χ1n) is 7.02. The van der Waals surface area contributed by atoms with E-state index >= 15 is 0 Å². The summed E-state index contributed by atoms with van der Waals surface area (Å²) in [6, 6.07) is 5.52. The second kappa shape index (κ2) is 8.79. The van der Waals surface area contributed by atoms with Crippen LogP contribution in [0.1, 0.15) is 19.6 Å². The maximum atomic E-state index is 11.1. The lowest BCUT2D eigenvalue weighted by Gasteiger charge is -2.17. The third-order valence-corrected chi connectivity index (χ3v) is 2.86. The highest BCUT2D eigenvalue weighted by Gasteiger charge is 2.19. The Kier molecular flexibility index (Phi) is 7.34. The molecule has 25 heavy (non-hydrogen) atoms. The summed E-state index contributed by atoms with van der Waals surface area (Å²) >= 11 is 0. The number of hydrogen-bond acceptors (Lipinski definition) is 7. The van der Waals surface area contributed by atoms with Crippen LogP contribution in [-0.4, -0.2) is 19.6 Å². The maximum absolute atomic E-state index is 11.1. The fourth-order valence-corrected chi connectivity index (χ4v) is 2.05. The highest BCUT2D eigenvalue weighted by molar-refractivity contribution is 5.92. The van der Waals surface area contributed by atoms with E-state index in [0.29, 0.717) is 29.8 Å². The molecule has 1 heterocycles. The van der Waals surface area contributed by atoms with Gasteiger partial charge in [0.1, 0.15) is 0 Å². The minimum atomic E-state index is -4.94. The summed E-state index contributed by atoms with van der Waals surface area (Å²) in [4.78, 5) is 11.1. The SMILES string of the molecule is CCOc1cc2c(C)[o+]c(NC(C)=O)cc2cc1OC.[O-][Cl+3]([O-])([O-])[O-]. The average Bonchev–Trinajstić information content (AvgIpc) is 2.45. The van der Waals surface area contributed by atoms with Crippen molar-refractivity contribution in [1.82, 2.24) is 0 Å². The van der Waals surface area contributed by atoms with Crippen LogP contribution in [0.5, 0.6) is 11.5 Å². The fourth-order valence-electron chi connectivity index (χ4n) is 2.05. The van der Waals surface area contributed by atoms with Gasteiger partial charge in [0.2, 0.25) is 5.91 Å². The third kappa shape index (κ3) is 7.08. The number of fused-ring (bicyclic) bond motifs is 1. The molecule has 1 aromatic carbocycles. The van der Waals surface area contributed by atoms with Crippen LogP contribution >= 0.6 is 0 Å². The molecule has 138 valence electrons. The number of nitrogens with one attached hydrogen (secondary N) is 1. The van der Waals surface area contributed by atoms with Gasteiger partial charge in [0.05, 0.1) is 32.1 Å². The normalized spacial score (nSPS) is 10.7. The molecule has 0 aliphatic carbocycles. The van der Waals surface area contributed by atoms with E-state index in [0.717, 1.165) is 10.8 Å². The molecule has 9 nitrogen and oxygen atoms in total. The average molecular weight is 376 g/mol. The quantitative estimate of drug-likeness (QED) is 0.643. The van der Waals surface area contributed by atoms with Crippen molar-refractivity contribution in [2.45, 2.75) is 20.8 Å². The standard InChI is InChI=1S/C15H17NO4.ClHO4/c1-5-19-14-8-12-9(2)20-15(16-10(3)17)7-11(12)6-13(14)18-4;2-1(3,4)5/h6-8H,5H2,1-4H3;(H,2,3,4,5). The lowest BCUT2D eigenvalue weighted by molar-refractivity contribution is -2.00. The van der Waals surface area contributed by atoms with Crippen LogP contribution in [0.2, 0.25) is 0 Å². The molecule has 0 saturated carbocycles. The molecule has 0 radical (unpaired) electrons. The van der Waals surface area contributed by atoms with Gasteiger partial charge in [-0.05, 0) is 13.0 Å². The van der Waals surface area contributed by atoms with Crippen molar-refractivity contribution in [3.63, 3.8) is 0 Å². The maximum Gasteiger partial charge on any atom is 0.434 e. The summed E-state index contributed by atoms with van der Waals surface area (Å²) in [5, 5.41) is 4.47. The fraction of sp³-hybridized carbons (Fsp3) is 0.333. The van der Waals surface area contributed by atoms with E-state index in [2.05, 4.69) is 5.32 Å². The summed E-state index contributed by atoms with van der Waals surface area (Å²) in [6.07, 6.45) is 0. The zero-order chi connectivity index (χ0) is 19.2. The Morgan fingerprint density at radius 3 is 2.28 bits per heavy atom. The number of hydrogen-bond donors (Lipinski definition) is 1. The first-order chi connectivity index (χ1) is 11.5. The Morgan fingerprint density at radius 1 is 1.20 bits per heavy atom. The molecule has 0 saturated heterocycles. The number of rotatable bonds is 4. The van der Waals surface area contributed by atoms with Gasteiger partial charge in [0.15, 0.2) is 11.5 Å². The van der Waals surface area contributed by atoms with Gasteiger partial charge in [0, 0.05) is 18.4 Å². The molecule has 2 rings (SSSR count). The number of methoxy groups -OCH3 is 1. The van der Waals surface area contributed by atoms with Gasteiger partial charge in [-0.15, -0.1) is 10.2 Å². The Bertz CT molecular complexity index is 738. The molecule has 0 aliphatic heterocycles. The largest absolute Gasteiger partial charge is 0.493 e. The van der Waals surface area contributed by atoms with E-state index < -0.39 is 10.2 Å². The molecular formula is C15H18ClNO8. The molecular weight excluding hydrogens is 358 g/mol. The van der Waals surface area contributed by atoms with Crippen LogP contribution in [0.4, 0.5) is 5.88 Å². The van der Waals surface area contributed by atoms with Crippen molar-refractivity contribution in [3.05, 3.63) is 24.0 Å². The molecule has 0 bridgehead atoms. The Hall–Kier alpha value is -2.17. The zero-order valence-corrected chi connectivity index (χ0v) is 14.8. The molecule has 10 heteroatoms. The number of amides is 1. The predicted molar refractivity (Wildman–Crippen MR) is 77.4 cm³/mol. The van der Waals surface area contributed by atoms with Gasteiger partial charge >= 0.3 is 11.6 Å². The molecule has 1 aromatic heterocycles. The van der Waals surface area contributed by atoms with Crippen molar-refractivity contribution in [1.29, 1.82) is 0 Å². The van der Waals surface area contributed by atoms with E-state index in [1.807, 2.05) is 26.0 Å². The van der Waals surface area contributed by atoms with Gasteiger partial charge in [-0.2, -0.15) is 4.42 Å². The molecule has 1 N–H and O–H groups in total. The first kappa shape index (κ1) is 20.9. The lowest BCUT2D eigenvalue weighted by atomic mass is 10.1.